The molecule has 1 saturated heterocycles. The lowest BCUT2D eigenvalue weighted by molar-refractivity contribution is -0.131. The van der Waals surface area contributed by atoms with Gasteiger partial charge in [0.25, 0.3) is 0 Å². The van der Waals surface area contributed by atoms with E-state index >= 15 is 0 Å². The van der Waals surface area contributed by atoms with Gasteiger partial charge in [0.15, 0.2) is 0 Å². The molecule has 2 fully saturated rings. The molecular weight excluding hydrogens is 322 g/mol. The van der Waals surface area contributed by atoms with E-state index in [9.17, 15) is 4.79 Å². The van der Waals surface area contributed by atoms with Gasteiger partial charge in [-0.1, -0.05) is 29.8 Å². The molecule has 1 saturated carbocycles. The Hall–Kier alpha value is -1.81. The van der Waals surface area contributed by atoms with Gasteiger partial charge in [0.05, 0.1) is 6.20 Å². The minimum atomic E-state index is 0.127. The fraction of sp³-hybridized carbons (Fsp3) is 0.474. The Bertz CT molecular complexity index is 757. The molecule has 2 aliphatic rings. The summed E-state index contributed by atoms with van der Waals surface area (Å²) in [6, 6.07) is 7.90. The van der Waals surface area contributed by atoms with E-state index in [1.807, 2.05) is 36.1 Å². The number of carbonyl (C=O) groups excluding carboxylic acids is 1. The van der Waals surface area contributed by atoms with Crippen molar-refractivity contribution < 1.29 is 4.79 Å². The predicted molar refractivity (Wildman–Crippen MR) is 93.9 cm³/mol. The summed E-state index contributed by atoms with van der Waals surface area (Å²) in [5, 5.41) is 5.01. The zero-order valence-electron chi connectivity index (χ0n) is 13.9. The maximum atomic E-state index is 12.8. The first-order valence-corrected chi connectivity index (χ1v) is 9.00. The molecular formula is C19H22ClN3O. The van der Waals surface area contributed by atoms with Gasteiger partial charge >= 0.3 is 0 Å². The average molecular weight is 344 g/mol. The van der Waals surface area contributed by atoms with Crippen molar-refractivity contribution in [1.82, 2.24) is 14.7 Å². The standard InChI is InChI=1S/C19H22ClN3O/c1-22-11-14(10-21-22)8-13-6-7-23(12-13)19(24)17-9-16(17)15-4-2-3-5-18(15)20/h2-5,10-11,13,16-17H,6-9,12H2,1H3/t13-,16-,17-/m0/s1. The molecule has 1 amide bonds. The van der Waals surface area contributed by atoms with Crippen LogP contribution < -0.4 is 0 Å². The fourth-order valence-corrected chi connectivity index (χ4v) is 4.21. The number of nitrogens with zero attached hydrogens (tertiary/aromatic N) is 3. The van der Waals surface area contributed by atoms with E-state index in [4.69, 9.17) is 11.6 Å². The Labute approximate surface area is 147 Å². The van der Waals surface area contributed by atoms with E-state index in [2.05, 4.69) is 22.3 Å². The lowest BCUT2D eigenvalue weighted by atomic mass is 10.0. The Morgan fingerprint density at radius 1 is 1.38 bits per heavy atom. The van der Waals surface area contributed by atoms with Crippen LogP contribution in [0.15, 0.2) is 36.7 Å². The topological polar surface area (TPSA) is 38.1 Å². The normalized spacial score (nSPS) is 25.9. The van der Waals surface area contributed by atoms with E-state index in [0.717, 1.165) is 42.9 Å². The van der Waals surface area contributed by atoms with Gasteiger partial charge in [0, 0.05) is 37.3 Å². The highest BCUT2D eigenvalue weighted by Gasteiger charge is 2.47. The molecule has 0 radical (unpaired) electrons. The third-order valence-corrected chi connectivity index (χ3v) is 5.64. The Morgan fingerprint density at radius 3 is 2.96 bits per heavy atom. The molecule has 4 rings (SSSR count). The summed E-state index contributed by atoms with van der Waals surface area (Å²) >= 11 is 6.27. The molecule has 1 aliphatic carbocycles. The van der Waals surface area contributed by atoms with Crippen molar-refractivity contribution in [3.05, 3.63) is 52.8 Å². The van der Waals surface area contributed by atoms with Gasteiger partial charge in [-0.05, 0) is 48.3 Å². The number of carbonyl (C=O) groups is 1. The van der Waals surface area contributed by atoms with Gasteiger partial charge in [-0.3, -0.25) is 9.48 Å². The van der Waals surface area contributed by atoms with Crippen molar-refractivity contribution in [2.24, 2.45) is 18.9 Å². The van der Waals surface area contributed by atoms with Gasteiger partial charge in [-0.15, -0.1) is 0 Å². The summed E-state index contributed by atoms with van der Waals surface area (Å²) in [6.45, 7) is 1.76. The largest absolute Gasteiger partial charge is 0.342 e. The third kappa shape index (κ3) is 3.07. The van der Waals surface area contributed by atoms with Crippen LogP contribution in [-0.2, 0) is 18.3 Å². The first-order chi connectivity index (χ1) is 11.6. The van der Waals surface area contributed by atoms with Crippen LogP contribution in [0.4, 0.5) is 0 Å². The molecule has 2 aromatic rings. The van der Waals surface area contributed by atoms with Crippen LogP contribution in [0.5, 0.6) is 0 Å². The molecule has 4 nitrogen and oxygen atoms in total. The van der Waals surface area contributed by atoms with Gasteiger partial charge in [-0.25, -0.2) is 0 Å². The SMILES string of the molecule is Cn1cc(C[C@@H]2CCN(C(=O)[C@H]3C[C@H]3c3ccccc3Cl)C2)cn1. The number of aryl methyl sites for hydroxylation is 1. The number of halogens is 1. The first-order valence-electron chi connectivity index (χ1n) is 8.62. The molecule has 0 unspecified atom stereocenters. The zero-order chi connectivity index (χ0) is 16.7. The highest BCUT2D eigenvalue weighted by Crippen LogP contribution is 2.50. The Morgan fingerprint density at radius 2 is 2.21 bits per heavy atom. The second-order valence-corrected chi connectivity index (χ2v) is 7.54. The molecule has 5 heteroatoms. The maximum absolute atomic E-state index is 12.8. The van der Waals surface area contributed by atoms with E-state index in [1.54, 1.807) is 0 Å². The van der Waals surface area contributed by atoms with E-state index in [-0.39, 0.29) is 5.92 Å². The number of rotatable bonds is 4. The Balaban J connectivity index is 1.34. The fourth-order valence-electron chi connectivity index (χ4n) is 3.93. The van der Waals surface area contributed by atoms with Crippen LogP contribution in [-0.4, -0.2) is 33.7 Å². The Kier molecular flexibility index (Phi) is 4.09. The van der Waals surface area contributed by atoms with Crippen molar-refractivity contribution in [2.75, 3.05) is 13.1 Å². The molecule has 1 aliphatic heterocycles. The second-order valence-electron chi connectivity index (χ2n) is 7.14. The van der Waals surface area contributed by atoms with Crippen LogP contribution in [0.25, 0.3) is 0 Å². The highest BCUT2D eigenvalue weighted by molar-refractivity contribution is 6.31. The molecule has 2 heterocycles. The average Bonchev–Trinajstić information content (AvgIpc) is 3.04. The van der Waals surface area contributed by atoms with Crippen molar-refractivity contribution in [2.45, 2.75) is 25.2 Å². The molecule has 0 bridgehead atoms. The van der Waals surface area contributed by atoms with Crippen LogP contribution in [0.3, 0.4) is 0 Å². The molecule has 126 valence electrons. The van der Waals surface area contributed by atoms with E-state index in [0.29, 0.717) is 17.7 Å². The van der Waals surface area contributed by atoms with Crippen molar-refractivity contribution in [1.29, 1.82) is 0 Å². The van der Waals surface area contributed by atoms with Crippen molar-refractivity contribution >= 4 is 17.5 Å². The molecule has 3 atom stereocenters. The quantitative estimate of drug-likeness (QED) is 0.854. The van der Waals surface area contributed by atoms with E-state index in [1.165, 1.54) is 5.56 Å². The molecule has 1 aromatic heterocycles. The lowest BCUT2D eigenvalue weighted by Crippen LogP contribution is -2.30. The van der Waals surface area contributed by atoms with Gasteiger partial charge in [0.1, 0.15) is 0 Å². The number of benzene rings is 1. The van der Waals surface area contributed by atoms with Crippen molar-refractivity contribution in [3.8, 4) is 0 Å². The van der Waals surface area contributed by atoms with Gasteiger partial charge < -0.3 is 4.90 Å². The van der Waals surface area contributed by atoms with Gasteiger partial charge in [-0.2, -0.15) is 5.10 Å². The first kappa shape index (κ1) is 15.7. The van der Waals surface area contributed by atoms with Crippen LogP contribution in [0, 0.1) is 11.8 Å². The highest BCUT2D eigenvalue weighted by atomic mass is 35.5. The number of amides is 1. The number of aromatic nitrogens is 2. The van der Waals surface area contributed by atoms with E-state index < -0.39 is 0 Å². The molecule has 0 spiro atoms. The summed E-state index contributed by atoms with van der Waals surface area (Å²) in [7, 11) is 1.94. The third-order valence-electron chi connectivity index (χ3n) is 5.29. The number of likely N-dealkylation sites (tertiary alicyclic amines) is 1. The minimum absolute atomic E-state index is 0.127. The number of hydrogen-bond acceptors (Lipinski definition) is 2. The molecule has 0 N–H and O–H groups in total. The van der Waals surface area contributed by atoms with Gasteiger partial charge in [0.2, 0.25) is 5.91 Å². The van der Waals surface area contributed by atoms with Crippen LogP contribution in [0.2, 0.25) is 5.02 Å². The molecule has 1 aromatic carbocycles. The summed E-state index contributed by atoms with van der Waals surface area (Å²) in [6.07, 6.45) is 7.03. The van der Waals surface area contributed by atoms with Crippen LogP contribution >= 0.6 is 11.6 Å². The summed E-state index contributed by atoms with van der Waals surface area (Å²) in [5.74, 6) is 1.30. The zero-order valence-corrected chi connectivity index (χ0v) is 14.6. The maximum Gasteiger partial charge on any atom is 0.226 e. The monoisotopic (exact) mass is 343 g/mol. The lowest BCUT2D eigenvalue weighted by Gasteiger charge is -2.16. The minimum Gasteiger partial charge on any atom is -0.342 e. The predicted octanol–water partition coefficient (Wildman–Crippen LogP) is 3.27. The molecule has 24 heavy (non-hydrogen) atoms. The summed E-state index contributed by atoms with van der Waals surface area (Å²) < 4.78 is 1.84. The summed E-state index contributed by atoms with van der Waals surface area (Å²) in [4.78, 5) is 14.8. The number of hydrogen-bond donors (Lipinski definition) is 0. The van der Waals surface area contributed by atoms with Crippen LogP contribution in [0.1, 0.15) is 29.9 Å². The second kappa shape index (κ2) is 6.25. The smallest absolute Gasteiger partial charge is 0.226 e. The summed E-state index contributed by atoms with van der Waals surface area (Å²) in [5.41, 5.74) is 2.39. The van der Waals surface area contributed by atoms with Crippen molar-refractivity contribution in [3.63, 3.8) is 0 Å².